The molecule has 1 saturated heterocycles. The number of hydrogen-bond donors (Lipinski definition) is 1. The van der Waals surface area contributed by atoms with Gasteiger partial charge in [-0.1, -0.05) is 12.1 Å². The highest BCUT2D eigenvalue weighted by Crippen LogP contribution is 2.37. The Labute approximate surface area is 189 Å². The number of rotatable bonds is 5. The fraction of sp³-hybridized carbons (Fsp3) is 0.261. The second-order valence-corrected chi connectivity index (χ2v) is 8.70. The van der Waals surface area contributed by atoms with E-state index in [2.05, 4.69) is 32.1 Å². The lowest BCUT2D eigenvalue weighted by molar-refractivity contribution is 0.312. The van der Waals surface area contributed by atoms with E-state index in [4.69, 9.17) is 9.72 Å². The van der Waals surface area contributed by atoms with Crippen LogP contribution in [0.3, 0.4) is 0 Å². The summed E-state index contributed by atoms with van der Waals surface area (Å²) in [5, 5.41) is 3.83. The van der Waals surface area contributed by atoms with E-state index in [-0.39, 0.29) is 5.82 Å². The molecule has 1 aliphatic heterocycles. The molecule has 32 heavy (non-hydrogen) atoms. The molecule has 4 heterocycles. The maximum Gasteiger partial charge on any atom is 0.137 e. The molecule has 7 nitrogen and oxygen atoms in total. The molecule has 0 saturated carbocycles. The molecule has 0 radical (unpaired) electrons. The number of nitrogens with zero attached hydrogens (tertiary/aromatic N) is 5. The normalized spacial score (nSPS) is 14.7. The van der Waals surface area contributed by atoms with Crippen molar-refractivity contribution in [3.05, 3.63) is 54.5 Å². The molecule has 164 valence electrons. The van der Waals surface area contributed by atoms with Crippen LogP contribution in [0.5, 0.6) is 5.75 Å². The van der Waals surface area contributed by atoms with Gasteiger partial charge in [0, 0.05) is 38.4 Å². The fourth-order valence-corrected chi connectivity index (χ4v) is 4.69. The number of nitrogens with one attached hydrogen (secondary N) is 1. The van der Waals surface area contributed by atoms with Crippen LogP contribution in [0.2, 0.25) is 0 Å². The van der Waals surface area contributed by atoms with Crippen LogP contribution in [0.1, 0.15) is 0 Å². The molecular formula is C23H23FN6OS. The van der Waals surface area contributed by atoms with Gasteiger partial charge in [0.1, 0.15) is 34.0 Å². The summed E-state index contributed by atoms with van der Waals surface area (Å²) in [7, 11) is 3.66. The zero-order valence-corrected chi connectivity index (χ0v) is 18.7. The number of piperazine rings is 1. The highest BCUT2D eigenvalue weighted by atomic mass is 32.1. The summed E-state index contributed by atoms with van der Waals surface area (Å²) in [4.78, 5) is 18.5. The third-order valence-corrected chi connectivity index (χ3v) is 6.53. The summed E-state index contributed by atoms with van der Waals surface area (Å²) in [6.45, 7) is 3.96. The number of thiazole rings is 1. The van der Waals surface area contributed by atoms with E-state index in [0.29, 0.717) is 22.1 Å². The van der Waals surface area contributed by atoms with Gasteiger partial charge in [0.25, 0.3) is 0 Å². The maximum atomic E-state index is 14.5. The van der Waals surface area contributed by atoms with Gasteiger partial charge >= 0.3 is 0 Å². The van der Waals surface area contributed by atoms with Crippen LogP contribution in [0.4, 0.5) is 21.8 Å². The summed E-state index contributed by atoms with van der Waals surface area (Å²) in [6.07, 6.45) is 1.75. The number of fused-ring (bicyclic) bond motifs is 1. The molecule has 4 aromatic rings. The van der Waals surface area contributed by atoms with E-state index >= 15 is 0 Å². The van der Waals surface area contributed by atoms with Gasteiger partial charge in [-0.25, -0.2) is 19.3 Å². The van der Waals surface area contributed by atoms with E-state index in [1.54, 1.807) is 18.3 Å². The number of benzene rings is 1. The molecule has 1 fully saturated rings. The highest BCUT2D eigenvalue weighted by molar-refractivity contribution is 7.21. The number of halogens is 1. The van der Waals surface area contributed by atoms with Crippen molar-refractivity contribution in [2.24, 2.45) is 0 Å². The third kappa shape index (κ3) is 4.09. The van der Waals surface area contributed by atoms with E-state index < -0.39 is 0 Å². The fourth-order valence-electron chi connectivity index (χ4n) is 3.73. The van der Waals surface area contributed by atoms with Gasteiger partial charge in [-0.05, 0) is 31.3 Å². The van der Waals surface area contributed by atoms with Crippen LogP contribution < -0.4 is 15.0 Å². The second-order valence-electron chi connectivity index (χ2n) is 7.67. The van der Waals surface area contributed by atoms with Crippen molar-refractivity contribution in [3.63, 3.8) is 0 Å². The van der Waals surface area contributed by atoms with Gasteiger partial charge in [-0.15, -0.1) is 11.3 Å². The summed E-state index contributed by atoms with van der Waals surface area (Å²) in [6, 6.07) is 12.6. The summed E-state index contributed by atoms with van der Waals surface area (Å²) in [5.41, 5.74) is 1.11. The number of ether oxygens (including phenoxy) is 1. The Balaban J connectivity index is 1.40. The van der Waals surface area contributed by atoms with Gasteiger partial charge in [0.2, 0.25) is 0 Å². The summed E-state index contributed by atoms with van der Waals surface area (Å²) >= 11 is 1.38. The zero-order valence-electron chi connectivity index (χ0n) is 17.9. The minimum absolute atomic E-state index is 0.361. The van der Waals surface area contributed by atoms with Crippen molar-refractivity contribution in [1.82, 2.24) is 19.9 Å². The van der Waals surface area contributed by atoms with Crippen LogP contribution in [0, 0.1) is 5.82 Å². The predicted octanol–water partition coefficient (Wildman–Crippen LogP) is 4.40. The van der Waals surface area contributed by atoms with Gasteiger partial charge in [0.15, 0.2) is 0 Å². The third-order valence-electron chi connectivity index (χ3n) is 5.50. The van der Waals surface area contributed by atoms with Crippen molar-refractivity contribution in [1.29, 1.82) is 0 Å². The lowest BCUT2D eigenvalue weighted by Gasteiger charge is -2.33. The molecule has 0 amide bonds. The minimum Gasteiger partial charge on any atom is -0.496 e. The molecule has 1 aliphatic rings. The first-order valence-electron chi connectivity index (χ1n) is 10.4. The first-order valence-corrected chi connectivity index (χ1v) is 11.2. The summed E-state index contributed by atoms with van der Waals surface area (Å²) < 4.78 is 20.7. The van der Waals surface area contributed by atoms with E-state index in [1.165, 1.54) is 24.5 Å². The van der Waals surface area contributed by atoms with E-state index in [1.807, 2.05) is 24.3 Å². The van der Waals surface area contributed by atoms with Crippen LogP contribution in [-0.2, 0) is 0 Å². The predicted molar refractivity (Wildman–Crippen MR) is 127 cm³/mol. The van der Waals surface area contributed by atoms with Crippen molar-refractivity contribution in [2.45, 2.75) is 0 Å². The Morgan fingerprint density at radius 1 is 1.03 bits per heavy atom. The standard InChI is InChI=1S/C23H23FN6OS/c1-29-9-11-30(12-10-29)21-8-4-7-19(28-21)27-20-13-16-18(14-25-20)32-23(26-16)22-15(24)5-3-6-17(22)31-2/h3-8,13-14H,9-12H2,1-2H3,(H,25,27,28). The van der Waals surface area contributed by atoms with Crippen LogP contribution in [0.25, 0.3) is 20.8 Å². The molecule has 0 aliphatic carbocycles. The average Bonchev–Trinajstić information content (AvgIpc) is 3.22. The van der Waals surface area contributed by atoms with Crippen LogP contribution in [0.15, 0.2) is 48.7 Å². The first kappa shape index (κ1) is 20.6. The number of likely N-dealkylation sites (N-methyl/N-ethyl adjacent to an activating group) is 1. The van der Waals surface area contributed by atoms with Crippen molar-refractivity contribution in [3.8, 4) is 16.3 Å². The highest BCUT2D eigenvalue weighted by Gasteiger charge is 2.17. The molecular weight excluding hydrogens is 427 g/mol. The maximum absolute atomic E-state index is 14.5. The quantitative estimate of drug-likeness (QED) is 0.484. The Bertz CT molecular complexity index is 1250. The molecule has 1 N–H and O–H groups in total. The number of pyridine rings is 2. The van der Waals surface area contributed by atoms with E-state index in [0.717, 1.165) is 48.0 Å². The monoisotopic (exact) mass is 450 g/mol. The molecule has 5 rings (SSSR count). The van der Waals surface area contributed by atoms with Crippen molar-refractivity contribution in [2.75, 3.05) is 50.6 Å². The lowest BCUT2D eigenvalue weighted by Crippen LogP contribution is -2.44. The van der Waals surface area contributed by atoms with Gasteiger partial charge in [-0.3, -0.25) is 0 Å². The van der Waals surface area contributed by atoms with Crippen molar-refractivity contribution >= 4 is 39.0 Å². The molecule has 0 bridgehead atoms. The van der Waals surface area contributed by atoms with Gasteiger partial charge in [0.05, 0.1) is 22.9 Å². The van der Waals surface area contributed by atoms with Gasteiger partial charge < -0.3 is 19.9 Å². The topological polar surface area (TPSA) is 66.4 Å². The Hall–Kier alpha value is -3.30. The molecule has 0 atom stereocenters. The molecule has 9 heteroatoms. The van der Waals surface area contributed by atoms with Crippen LogP contribution >= 0.6 is 11.3 Å². The SMILES string of the molecule is COc1cccc(F)c1-c1nc2cc(Nc3cccc(N4CCN(C)CC4)n3)ncc2s1. The van der Waals surface area contributed by atoms with Crippen molar-refractivity contribution < 1.29 is 9.13 Å². The lowest BCUT2D eigenvalue weighted by atomic mass is 10.2. The molecule has 3 aromatic heterocycles. The van der Waals surface area contributed by atoms with E-state index in [9.17, 15) is 4.39 Å². The molecule has 0 spiro atoms. The zero-order chi connectivity index (χ0) is 22.1. The number of hydrogen-bond acceptors (Lipinski definition) is 8. The Kier molecular flexibility index (Phi) is 5.59. The van der Waals surface area contributed by atoms with Crippen LogP contribution in [-0.4, -0.2) is 60.2 Å². The van der Waals surface area contributed by atoms with Gasteiger partial charge in [-0.2, -0.15) is 0 Å². The largest absolute Gasteiger partial charge is 0.496 e. The smallest absolute Gasteiger partial charge is 0.137 e. The first-order chi connectivity index (χ1) is 15.6. The number of aromatic nitrogens is 3. The number of methoxy groups -OCH3 is 1. The molecule has 0 unspecified atom stereocenters. The average molecular weight is 451 g/mol. The molecule has 1 aromatic carbocycles. The number of anilines is 3. The second kappa shape index (κ2) is 8.68. The minimum atomic E-state index is -0.361. The summed E-state index contributed by atoms with van der Waals surface area (Å²) in [5.74, 6) is 2.41. The Morgan fingerprint density at radius 3 is 2.66 bits per heavy atom. The Morgan fingerprint density at radius 2 is 1.84 bits per heavy atom.